The summed E-state index contributed by atoms with van der Waals surface area (Å²) in [5.41, 5.74) is 4.90. The zero-order chi connectivity index (χ0) is 14.9. The molecule has 2 atom stereocenters. The fourth-order valence-corrected chi connectivity index (χ4v) is 3.42. The summed E-state index contributed by atoms with van der Waals surface area (Å²) in [6.45, 7) is 8.59. The largest absolute Gasteiger partial charge is 0.303 e. The molecule has 1 unspecified atom stereocenters. The van der Waals surface area contributed by atoms with Gasteiger partial charge in [-0.25, -0.2) is 0 Å². The van der Waals surface area contributed by atoms with E-state index in [4.69, 9.17) is 0 Å². The highest BCUT2D eigenvalue weighted by Gasteiger charge is 2.19. The van der Waals surface area contributed by atoms with Crippen LogP contribution in [0.2, 0.25) is 0 Å². The van der Waals surface area contributed by atoms with Crippen molar-refractivity contribution >= 4 is 15.9 Å². The molecule has 0 aliphatic rings. The lowest BCUT2D eigenvalue weighted by molar-refractivity contribution is 0.490. The molecule has 2 aromatic rings. The Labute approximate surface area is 129 Å². The van der Waals surface area contributed by atoms with E-state index >= 15 is 0 Å². The average Bonchev–Trinajstić information content (AvgIpc) is 2.63. The lowest BCUT2D eigenvalue weighted by atomic mass is 10.0. The molecule has 0 radical (unpaired) electrons. The van der Waals surface area contributed by atoms with Gasteiger partial charge in [-0.15, -0.1) is 0 Å². The molecule has 20 heavy (non-hydrogen) atoms. The van der Waals surface area contributed by atoms with Gasteiger partial charge in [0.1, 0.15) is 0 Å². The number of nitrogens with zero attached hydrogens (tertiary/aromatic N) is 2. The Hall–Kier alpha value is -1.13. The number of hydrogen-bond donors (Lipinski definition) is 1. The van der Waals surface area contributed by atoms with Crippen molar-refractivity contribution in [3.8, 4) is 0 Å². The molecule has 1 aromatic heterocycles. The van der Waals surface area contributed by atoms with Crippen molar-refractivity contribution in [2.24, 2.45) is 7.05 Å². The maximum atomic E-state index is 4.50. The minimum absolute atomic E-state index is 0.269. The summed E-state index contributed by atoms with van der Waals surface area (Å²) in [6.07, 6.45) is 0. The van der Waals surface area contributed by atoms with Crippen LogP contribution >= 0.6 is 15.9 Å². The van der Waals surface area contributed by atoms with Crippen LogP contribution in [0.4, 0.5) is 0 Å². The zero-order valence-electron chi connectivity index (χ0n) is 12.7. The molecule has 108 valence electrons. The third kappa shape index (κ3) is 2.96. The highest BCUT2D eigenvalue weighted by molar-refractivity contribution is 9.10. The summed E-state index contributed by atoms with van der Waals surface area (Å²) in [7, 11) is 2.00. The molecule has 1 heterocycles. The van der Waals surface area contributed by atoms with Crippen molar-refractivity contribution in [2.75, 3.05) is 0 Å². The maximum Gasteiger partial charge on any atom is 0.0644 e. The van der Waals surface area contributed by atoms with Crippen molar-refractivity contribution in [1.29, 1.82) is 0 Å². The zero-order valence-corrected chi connectivity index (χ0v) is 14.3. The van der Waals surface area contributed by atoms with Crippen LogP contribution in [0.1, 0.15) is 48.4 Å². The van der Waals surface area contributed by atoms with Gasteiger partial charge in [-0.2, -0.15) is 5.10 Å². The average molecular weight is 336 g/mol. The second kappa shape index (κ2) is 6.10. The van der Waals surface area contributed by atoms with Crippen molar-refractivity contribution in [1.82, 2.24) is 15.1 Å². The Kier molecular flexibility index (Phi) is 4.66. The first-order valence-corrected chi connectivity index (χ1v) is 7.71. The van der Waals surface area contributed by atoms with Crippen molar-refractivity contribution in [3.63, 3.8) is 0 Å². The van der Waals surface area contributed by atoms with E-state index in [2.05, 4.69) is 72.2 Å². The van der Waals surface area contributed by atoms with Gasteiger partial charge in [0.25, 0.3) is 0 Å². The first kappa shape index (κ1) is 15.3. The molecule has 0 aliphatic heterocycles. The van der Waals surface area contributed by atoms with Gasteiger partial charge >= 0.3 is 0 Å². The Balaban J connectivity index is 2.19. The molecule has 0 fully saturated rings. The number of aryl methyl sites for hydroxylation is 2. The number of aromatic nitrogens is 2. The van der Waals surface area contributed by atoms with Gasteiger partial charge in [0, 0.05) is 34.9 Å². The van der Waals surface area contributed by atoms with Crippen LogP contribution in [-0.4, -0.2) is 9.78 Å². The standard InChI is InChI=1S/C16H22BrN3/c1-10(14-8-6-7-9-15(14)17)18-11(2)16-12(3)19-20(5)13(16)4/h6-11,18H,1-5H3/t10-,11?/m1/s1. The number of benzene rings is 1. The molecule has 4 heteroatoms. The van der Waals surface area contributed by atoms with Crippen LogP contribution in [0.5, 0.6) is 0 Å². The minimum Gasteiger partial charge on any atom is -0.303 e. The highest BCUT2D eigenvalue weighted by atomic mass is 79.9. The van der Waals surface area contributed by atoms with Gasteiger partial charge in [0.05, 0.1) is 5.69 Å². The molecule has 0 spiro atoms. The van der Waals surface area contributed by atoms with Crippen LogP contribution in [0.3, 0.4) is 0 Å². The molecular weight excluding hydrogens is 314 g/mol. The summed E-state index contributed by atoms with van der Waals surface area (Å²) in [6, 6.07) is 8.89. The Bertz CT molecular complexity index is 604. The maximum absolute atomic E-state index is 4.50. The normalized spacial score (nSPS) is 14.3. The molecule has 1 aromatic carbocycles. The molecule has 1 N–H and O–H groups in total. The first-order chi connectivity index (χ1) is 9.41. The topological polar surface area (TPSA) is 29.9 Å². The van der Waals surface area contributed by atoms with Crippen LogP contribution in [0, 0.1) is 13.8 Å². The minimum atomic E-state index is 0.269. The molecule has 3 nitrogen and oxygen atoms in total. The van der Waals surface area contributed by atoms with E-state index in [9.17, 15) is 0 Å². The van der Waals surface area contributed by atoms with E-state index in [0.29, 0.717) is 0 Å². The number of halogens is 1. The molecular formula is C16H22BrN3. The summed E-state index contributed by atoms with van der Waals surface area (Å²) in [4.78, 5) is 0. The van der Waals surface area contributed by atoms with Crippen LogP contribution < -0.4 is 5.32 Å². The van der Waals surface area contributed by atoms with Crippen LogP contribution in [0.15, 0.2) is 28.7 Å². The molecule has 0 bridgehead atoms. The lowest BCUT2D eigenvalue weighted by Gasteiger charge is -2.22. The van der Waals surface area contributed by atoms with Gasteiger partial charge in [-0.05, 0) is 39.3 Å². The van der Waals surface area contributed by atoms with Gasteiger partial charge in [-0.1, -0.05) is 34.1 Å². The lowest BCUT2D eigenvalue weighted by Crippen LogP contribution is -2.23. The fraction of sp³-hybridized carbons (Fsp3) is 0.438. The number of nitrogens with one attached hydrogen (secondary N) is 1. The smallest absolute Gasteiger partial charge is 0.0644 e. The third-order valence-electron chi connectivity index (χ3n) is 3.87. The van der Waals surface area contributed by atoms with E-state index in [1.54, 1.807) is 0 Å². The van der Waals surface area contributed by atoms with E-state index in [1.807, 2.05) is 17.8 Å². The van der Waals surface area contributed by atoms with E-state index in [1.165, 1.54) is 16.8 Å². The Morgan fingerprint density at radius 2 is 1.80 bits per heavy atom. The van der Waals surface area contributed by atoms with E-state index in [0.717, 1.165) is 10.2 Å². The highest BCUT2D eigenvalue weighted by Crippen LogP contribution is 2.27. The Morgan fingerprint density at radius 3 is 2.35 bits per heavy atom. The van der Waals surface area contributed by atoms with Crippen molar-refractivity contribution in [2.45, 2.75) is 39.8 Å². The Morgan fingerprint density at radius 1 is 1.15 bits per heavy atom. The summed E-state index contributed by atoms with van der Waals surface area (Å²) < 4.78 is 3.10. The summed E-state index contributed by atoms with van der Waals surface area (Å²) in [5.74, 6) is 0. The van der Waals surface area contributed by atoms with Crippen molar-refractivity contribution in [3.05, 3.63) is 51.3 Å². The van der Waals surface area contributed by atoms with Crippen LogP contribution in [-0.2, 0) is 7.05 Å². The summed E-state index contributed by atoms with van der Waals surface area (Å²) in [5, 5.41) is 8.16. The fourth-order valence-electron chi connectivity index (χ4n) is 2.79. The van der Waals surface area contributed by atoms with E-state index in [-0.39, 0.29) is 12.1 Å². The summed E-state index contributed by atoms with van der Waals surface area (Å²) >= 11 is 3.62. The second-order valence-electron chi connectivity index (χ2n) is 5.34. The van der Waals surface area contributed by atoms with Crippen molar-refractivity contribution < 1.29 is 0 Å². The SMILES string of the molecule is Cc1nn(C)c(C)c1C(C)N[C@H](C)c1ccccc1Br. The predicted molar refractivity (Wildman–Crippen MR) is 86.8 cm³/mol. The second-order valence-corrected chi connectivity index (χ2v) is 6.19. The van der Waals surface area contributed by atoms with Gasteiger partial charge < -0.3 is 5.32 Å². The van der Waals surface area contributed by atoms with Crippen LogP contribution in [0.25, 0.3) is 0 Å². The molecule has 0 saturated carbocycles. The van der Waals surface area contributed by atoms with Gasteiger partial charge in [-0.3, -0.25) is 4.68 Å². The first-order valence-electron chi connectivity index (χ1n) is 6.92. The predicted octanol–water partition coefficient (Wildman–Crippen LogP) is 4.21. The van der Waals surface area contributed by atoms with E-state index < -0.39 is 0 Å². The quantitative estimate of drug-likeness (QED) is 0.906. The molecule has 0 saturated heterocycles. The molecule has 2 rings (SSSR count). The molecule has 0 amide bonds. The molecule has 0 aliphatic carbocycles. The number of hydrogen-bond acceptors (Lipinski definition) is 2. The van der Waals surface area contributed by atoms with Gasteiger partial charge in [0.15, 0.2) is 0 Å². The number of rotatable bonds is 4. The monoisotopic (exact) mass is 335 g/mol. The van der Waals surface area contributed by atoms with Gasteiger partial charge in [0.2, 0.25) is 0 Å². The third-order valence-corrected chi connectivity index (χ3v) is 4.59.